The van der Waals surface area contributed by atoms with Gasteiger partial charge in [-0.1, -0.05) is 13.8 Å². The quantitative estimate of drug-likeness (QED) is 0.528. The Bertz CT molecular complexity index is 677. The van der Waals surface area contributed by atoms with Gasteiger partial charge in [-0.15, -0.1) is 11.6 Å². The van der Waals surface area contributed by atoms with Gasteiger partial charge in [0.25, 0.3) is 6.47 Å². The Morgan fingerprint density at radius 2 is 1.89 bits per heavy atom. The summed E-state index contributed by atoms with van der Waals surface area (Å²) in [7, 11) is 0. The molecular weight excluding hydrogens is 364 g/mol. The largest absolute Gasteiger partial charge is 0.463 e. The molecule has 0 bridgehead atoms. The molecule has 150 valence electrons. The van der Waals surface area contributed by atoms with E-state index in [1.54, 1.807) is 6.92 Å². The van der Waals surface area contributed by atoms with Crippen LogP contribution >= 0.6 is 11.6 Å². The molecule has 4 aliphatic rings. The number of hydrogen-bond acceptors (Lipinski definition) is 4. The molecule has 27 heavy (non-hydrogen) atoms. The fourth-order valence-corrected chi connectivity index (χ4v) is 8.53. The summed E-state index contributed by atoms with van der Waals surface area (Å²) in [5.41, 5.74) is -0.370. The minimum Gasteiger partial charge on any atom is -0.463 e. The maximum atomic E-state index is 12.4. The Kier molecular flexibility index (Phi) is 4.53. The molecule has 8 atom stereocenters. The van der Waals surface area contributed by atoms with E-state index in [2.05, 4.69) is 13.8 Å². The number of ether oxygens (including phenoxy) is 1. The van der Waals surface area contributed by atoms with E-state index in [0.29, 0.717) is 37.4 Å². The molecule has 0 aromatic carbocycles. The van der Waals surface area contributed by atoms with Gasteiger partial charge in [0.05, 0.1) is 4.87 Å². The summed E-state index contributed by atoms with van der Waals surface area (Å²) in [5, 5.41) is 0. The molecule has 4 saturated carbocycles. The Morgan fingerprint density at radius 1 is 1.19 bits per heavy atom. The molecule has 0 heterocycles. The zero-order valence-electron chi connectivity index (χ0n) is 16.6. The molecule has 4 aliphatic carbocycles. The van der Waals surface area contributed by atoms with Gasteiger partial charge in [-0.25, -0.2) is 0 Å². The molecule has 0 N–H and O–H groups in total. The van der Waals surface area contributed by atoms with Crippen molar-refractivity contribution in [1.82, 2.24) is 0 Å². The zero-order valence-corrected chi connectivity index (χ0v) is 17.4. The molecule has 0 amide bonds. The average molecular weight is 395 g/mol. The number of rotatable bonds is 3. The highest BCUT2D eigenvalue weighted by Crippen LogP contribution is 2.71. The van der Waals surface area contributed by atoms with Crippen molar-refractivity contribution in [3.63, 3.8) is 0 Å². The van der Waals surface area contributed by atoms with Gasteiger partial charge >= 0.3 is 0 Å². The molecule has 0 aliphatic heterocycles. The van der Waals surface area contributed by atoms with Crippen LogP contribution in [-0.4, -0.2) is 29.0 Å². The minimum absolute atomic E-state index is 0.0277. The Hall–Kier alpha value is -0.900. The zero-order chi connectivity index (χ0) is 19.6. The lowest BCUT2D eigenvalue weighted by Crippen LogP contribution is -2.69. The number of ketones is 2. The van der Waals surface area contributed by atoms with Gasteiger partial charge in [-0.3, -0.25) is 14.4 Å². The van der Waals surface area contributed by atoms with Crippen LogP contribution < -0.4 is 0 Å². The van der Waals surface area contributed by atoms with E-state index in [4.69, 9.17) is 16.3 Å². The van der Waals surface area contributed by atoms with Crippen LogP contribution in [-0.2, 0) is 19.1 Å². The number of carbonyl (C=O) groups is 3. The number of alkyl halides is 1. The van der Waals surface area contributed by atoms with Crippen molar-refractivity contribution in [2.45, 2.75) is 83.1 Å². The highest BCUT2D eigenvalue weighted by Gasteiger charge is 2.71. The van der Waals surface area contributed by atoms with E-state index < -0.39 is 11.0 Å². The second-order valence-electron chi connectivity index (χ2n) is 10.1. The van der Waals surface area contributed by atoms with Crippen molar-refractivity contribution in [3.05, 3.63) is 0 Å². The molecule has 0 aromatic heterocycles. The fourth-order valence-electron chi connectivity index (χ4n) is 7.89. The van der Waals surface area contributed by atoms with Crippen molar-refractivity contribution in [3.8, 4) is 0 Å². The van der Waals surface area contributed by atoms with Gasteiger partial charge in [-0.05, 0) is 74.0 Å². The van der Waals surface area contributed by atoms with Crippen LogP contribution in [0.5, 0.6) is 0 Å². The second kappa shape index (κ2) is 6.30. The number of carbonyl (C=O) groups excluding carboxylic acids is 3. The summed E-state index contributed by atoms with van der Waals surface area (Å²) >= 11 is 7.56. The van der Waals surface area contributed by atoms with E-state index in [0.717, 1.165) is 32.1 Å². The van der Waals surface area contributed by atoms with Crippen molar-refractivity contribution >= 4 is 29.6 Å². The molecule has 1 unspecified atom stereocenters. The smallest absolute Gasteiger partial charge is 0.293 e. The number of Topliss-reactive ketones (excluding diaryl/α,β-unsaturated/α-hetero) is 2. The first kappa shape index (κ1) is 19.4. The summed E-state index contributed by atoms with van der Waals surface area (Å²) < 4.78 is 5.69. The van der Waals surface area contributed by atoms with Crippen LogP contribution in [0.1, 0.15) is 72.1 Å². The van der Waals surface area contributed by atoms with Crippen molar-refractivity contribution < 1.29 is 19.1 Å². The van der Waals surface area contributed by atoms with Crippen LogP contribution in [0.3, 0.4) is 0 Å². The van der Waals surface area contributed by atoms with Gasteiger partial charge in [0.15, 0.2) is 0 Å². The summed E-state index contributed by atoms with van der Waals surface area (Å²) in [6.07, 6.45) is 6.09. The van der Waals surface area contributed by atoms with Crippen LogP contribution in [0.4, 0.5) is 0 Å². The standard InChI is InChI=1S/C22H31ClO4/c1-13(25)16-6-7-17-18-5-4-14-10-15(26)8-9-21(14,3)22(18,23)19(27-12-24)11-20(16,17)2/h12,14,16-19H,4-11H2,1-3H3/t14?,16-,17+,18+,19+,20-,21+,22+/m1/s1. The van der Waals surface area contributed by atoms with Crippen LogP contribution in [0, 0.1) is 34.5 Å². The van der Waals surface area contributed by atoms with Crippen molar-refractivity contribution in [2.24, 2.45) is 34.5 Å². The van der Waals surface area contributed by atoms with Crippen LogP contribution in [0.2, 0.25) is 0 Å². The predicted octanol–water partition coefficient (Wildman–Crippen LogP) is 4.32. The third-order valence-corrected chi connectivity index (χ3v) is 10.2. The molecule has 4 fully saturated rings. The van der Waals surface area contributed by atoms with Crippen LogP contribution in [0.15, 0.2) is 0 Å². The molecule has 4 rings (SSSR count). The first-order valence-corrected chi connectivity index (χ1v) is 10.9. The van der Waals surface area contributed by atoms with Gasteiger partial charge in [0, 0.05) is 18.8 Å². The normalized spacial score (nSPS) is 51.7. The Morgan fingerprint density at radius 3 is 2.56 bits per heavy atom. The lowest BCUT2D eigenvalue weighted by Gasteiger charge is -2.66. The molecule has 5 heteroatoms. The maximum absolute atomic E-state index is 12.4. The van der Waals surface area contributed by atoms with Gasteiger partial charge in [0.1, 0.15) is 17.7 Å². The third kappa shape index (κ3) is 2.44. The summed E-state index contributed by atoms with van der Waals surface area (Å²) in [4.78, 5) is 35.2. The lowest BCUT2D eigenvalue weighted by molar-refractivity contribution is -0.176. The predicted molar refractivity (Wildman–Crippen MR) is 102 cm³/mol. The topological polar surface area (TPSA) is 60.4 Å². The molecule has 4 nitrogen and oxygen atoms in total. The van der Waals surface area contributed by atoms with E-state index in [-0.39, 0.29) is 34.4 Å². The van der Waals surface area contributed by atoms with Gasteiger partial charge in [0.2, 0.25) is 0 Å². The molecule has 0 radical (unpaired) electrons. The Balaban J connectivity index is 1.79. The molecule has 0 saturated heterocycles. The highest BCUT2D eigenvalue weighted by atomic mass is 35.5. The highest BCUT2D eigenvalue weighted by molar-refractivity contribution is 6.25. The minimum atomic E-state index is -0.645. The SMILES string of the molecule is CC(=O)[C@H]1CC[C@H]2[C@@H]3CCC4CC(=O)CC[C@]4(C)[C@@]3(Cl)[C@@H](OC=O)C[C@]12C. The molecule has 0 aromatic rings. The van der Waals surface area contributed by atoms with Crippen LogP contribution in [0.25, 0.3) is 0 Å². The first-order valence-electron chi connectivity index (χ1n) is 10.5. The average Bonchev–Trinajstić information content (AvgIpc) is 2.94. The number of halogens is 1. The maximum Gasteiger partial charge on any atom is 0.293 e. The van der Waals surface area contributed by atoms with E-state index in [1.165, 1.54) is 0 Å². The first-order chi connectivity index (χ1) is 12.7. The van der Waals surface area contributed by atoms with E-state index in [9.17, 15) is 14.4 Å². The summed E-state index contributed by atoms with van der Waals surface area (Å²) in [5.74, 6) is 1.48. The monoisotopic (exact) mass is 394 g/mol. The fraction of sp³-hybridized carbons (Fsp3) is 0.864. The van der Waals surface area contributed by atoms with Crippen molar-refractivity contribution in [1.29, 1.82) is 0 Å². The number of hydrogen-bond donors (Lipinski definition) is 0. The van der Waals surface area contributed by atoms with Gasteiger partial charge in [-0.2, -0.15) is 0 Å². The van der Waals surface area contributed by atoms with Crippen molar-refractivity contribution in [2.75, 3.05) is 0 Å². The molecular formula is C22H31ClO4. The lowest BCUT2D eigenvalue weighted by atomic mass is 9.43. The van der Waals surface area contributed by atoms with E-state index >= 15 is 0 Å². The van der Waals surface area contributed by atoms with E-state index in [1.807, 2.05) is 0 Å². The molecule has 0 spiro atoms. The summed E-state index contributed by atoms with van der Waals surface area (Å²) in [6.45, 7) is 6.67. The second-order valence-corrected chi connectivity index (χ2v) is 10.7. The third-order valence-electron chi connectivity index (χ3n) is 9.24. The number of fused-ring (bicyclic) bond motifs is 5. The summed E-state index contributed by atoms with van der Waals surface area (Å²) in [6, 6.07) is 0. The Labute approximate surface area is 166 Å². The van der Waals surface area contributed by atoms with Gasteiger partial charge < -0.3 is 4.74 Å².